The van der Waals surface area contributed by atoms with Crippen LogP contribution in [-0.2, 0) is 14.8 Å². The fourth-order valence-corrected chi connectivity index (χ4v) is 4.81. The number of hydrogen-bond donors (Lipinski definition) is 2. The first-order valence-corrected chi connectivity index (χ1v) is 11.1. The monoisotopic (exact) mass is 473 g/mol. The summed E-state index contributed by atoms with van der Waals surface area (Å²) in [4.78, 5) is 12.4. The molecule has 0 bridgehead atoms. The van der Waals surface area contributed by atoms with Crippen molar-refractivity contribution in [1.82, 2.24) is 9.62 Å². The zero-order chi connectivity index (χ0) is 21.0. The quantitative estimate of drug-likeness (QED) is 0.663. The molecule has 2 aromatic carbocycles. The number of hydrogen-bond acceptors (Lipinski definition) is 5. The summed E-state index contributed by atoms with van der Waals surface area (Å²) in [7, 11) is -3.57. The van der Waals surface area contributed by atoms with Gasteiger partial charge in [0.25, 0.3) is 5.91 Å². The van der Waals surface area contributed by atoms with Crippen molar-refractivity contribution in [2.24, 2.45) is 0 Å². The lowest BCUT2D eigenvalue weighted by molar-refractivity contribution is 0.0730. The number of thiocarbonyl (C=S) groups is 1. The minimum Gasteiger partial charge on any atom is -0.379 e. The van der Waals surface area contributed by atoms with Crippen molar-refractivity contribution in [3.8, 4) is 0 Å². The van der Waals surface area contributed by atoms with Gasteiger partial charge in [0, 0.05) is 34.4 Å². The van der Waals surface area contributed by atoms with Crippen LogP contribution >= 0.6 is 35.4 Å². The number of carbonyl (C=O) groups excluding carboxylic acids is 1. The van der Waals surface area contributed by atoms with E-state index in [1.165, 1.54) is 34.6 Å². The Hall–Kier alpha value is -1.75. The molecule has 2 aromatic rings. The van der Waals surface area contributed by atoms with Crippen LogP contribution in [0.3, 0.4) is 0 Å². The van der Waals surface area contributed by atoms with Gasteiger partial charge in [0.05, 0.1) is 18.1 Å². The van der Waals surface area contributed by atoms with Crippen LogP contribution in [0.4, 0.5) is 5.69 Å². The van der Waals surface area contributed by atoms with Crippen LogP contribution in [0.25, 0.3) is 0 Å². The number of benzene rings is 2. The molecule has 1 aliphatic heterocycles. The van der Waals surface area contributed by atoms with Crippen molar-refractivity contribution in [1.29, 1.82) is 0 Å². The molecule has 0 spiro atoms. The van der Waals surface area contributed by atoms with E-state index in [1.807, 2.05) is 0 Å². The van der Waals surface area contributed by atoms with Gasteiger partial charge >= 0.3 is 0 Å². The zero-order valence-electron chi connectivity index (χ0n) is 15.0. The number of halogens is 2. The van der Waals surface area contributed by atoms with Crippen LogP contribution in [0.2, 0.25) is 10.0 Å². The van der Waals surface area contributed by atoms with Crippen molar-refractivity contribution in [2.75, 3.05) is 31.6 Å². The van der Waals surface area contributed by atoms with E-state index in [4.69, 9.17) is 40.2 Å². The first-order chi connectivity index (χ1) is 13.8. The fraction of sp³-hybridized carbons (Fsp3) is 0.222. The second-order valence-corrected chi connectivity index (χ2v) is 9.33. The number of nitrogens with zero attached hydrogens (tertiary/aromatic N) is 1. The maximum absolute atomic E-state index is 12.6. The van der Waals surface area contributed by atoms with Crippen LogP contribution in [-0.4, -0.2) is 50.0 Å². The van der Waals surface area contributed by atoms with Crippen LogP contribution in [0.5, 0.6) is 0 Å². The van der Waals surface area contributed by atoms with E-state index in [0.29, 0.717) is 42.0 Å². The van der Waals surface area contributed by atoms with Crippen LogP contribution in [0.1, 0.15) is 10.4 Å². The second kappa shape index (κ2) is 9.38. The van der Waals surface area contributed by atoms with E-state index in [1.54, 1.807) is 12.1 Å². The SMILES string of the molecule is O=C(NC(=S)Nc1ccc(S(=O)(=O)N2CCOCC2)cc1)c1cc(Cl)cc(Cl)c1. The Kier molecular flexibility index (Phi) is 7.10. The maximum Gasteiger partial charge on any atom is 0.257 e. The van der Waals surface area contributed by atoms with Gasteiger partial charge in [0.15, 0.2) is 5.11 Å². The van der Waals surface area contributed by atoms with Gasteiger partial charge in [0.2, 0.25) is 10.0 Å². The molecule has 0 radical (unpaired) electrons. The van der Waals surface area contributed by atoms with Crippen molar-refractivity contribution in [3.05, 3.63) is 58.1 Å². The predicted octanol–water partition coefficient (Wildman–Crippen LogP) is 3.14. The fourth-order valence-electron chi connectivity index (χ4n) is 2.67. The molecule has 0 atom stereocenters. The lowest BCUT2D eigenvalue weighted by Gasteiger charge is -2.26. The molecule has 0 aliphatic carbocycles. The third-order valence-electron chi connectivity index (χ3n) is 4.07. The number of amides is 1. The summed E-state index contributed by atoms with van der Waals surface area (Å²) in [5.41, 5.74) is 0.791. The Labute approximate surface area is 184 Å². The highest BCUT2D eigenvalue weighted by molar-refractivity contribution is 7.89. The van der Waals surface area contributed by atoms with Gasteiger partial charge in [-0.2, -0.15) is 4.31 Å². The van der Waals surface area contributed by atoms with Crippen molar-refractivity contribution in [3.63, 3.8) is 0 Å². The molecule has 1 heterocycles. The topological polar surface area (TPSA) is 87.7 Å². The summed E-state index contributed by atoms with van der Waals surface area (Å²) in [6.45, 7) is 1.41. The van der Waals surface area contributed by atoms with E-state index < -0.39 is 15.9 Å². The molecular weight excluding hydrogens is 457 g/mol. The molecule has 0 unspecified atom stereocenters. The largest absolute Gasteiger partial charge is 0.379 e. The smallest absolute Gasteiger partial charge is 0.257 e. The standard InChI is InChI=1S/C18H17Cl2N3O4S2/c19-13-9-12(10-14(20)11-13)17(24)22-18(28)21-15-1-3-16(4-2-15)29(25,26)23-5-7-27-8-6-23/h1-4,9-11H,5-8H2,(H2,21,22,24,28). The number of sulfonamides is 1. The Bertz CT molecular complexity index is 1000. The molecule has 29 heavy (non-hydrogen) atoms. The van der Waals surface area contributed by atoms with E-state index >= 15 is 0 Å². The molecule has 11 heteroatoms. The summed E-state index contributed by atoms with van der Waals surface area (Å²) in [6, 6.07) is 10.6. The highest BCUT2D eigenvalue weighted by Crippen LogP contribution is 2.20. The number of rotatable bonds is 4. The Morgan fingerprint density at radius 1 is 1.03 bits per heavy atom. The summed E-state index contributed by atoms with van der Waals surface area (Å²) in [5, 5.41) is 6.07. The Morgan fingerprint density at radius 3 is 2.21 bits per heavy atom. The molecule has 7 nitrogen and oxygen atoms in total. The van der Waals surface area contributed by atoms with Crippen LogP contribution in [0, 0.1) is 0 Å². The summed E-state index contributed by atoms with van der Waals surface area (Å²) >= 11 is 16.9. The van der Waals surface area contributed by atoms with Crippen molar-refractivity contribution < 1.29 is 17.9 Å². The second-order valence-electron chi connectivity index (χ2n) is 6.11. The van der Waals surface area contributed by atoms with Gasteiger partial charge in [-0.25, -0.2) is 8.42 Å². The minimum atomic E-state index is -3.57. The van der Waals surface area contributed by atoms with Crippen LogP contribution < -0.4 is 10.6 Å². The van der Waals surface area contributed by atoms with Crippen LogP contribution in [0.15, 0.2) is 47.4 Å². The summed E-state index contributed by atoms with van der Waals surface area (Å²) in [5.74, 6) is -0.474. The lowest BCUT2D eigenvalue weighted by Crippen LogP contribution is -2.40. The van der Waals surface area contributed by atoms with Gasteiger partial charge in [-0.1, -0.05) is 23.2 Å². The van der Waals surface area contributed by atoms with E-state index in [-0.39, 0.29) is 15.6 Å². The van der Waals surface area contributed by atoms with Crippen molar-refractivity contribution >= 4 is 62.2 Å². The minimum absolute atomic E-state index is 0.0508. The highest BCUT2D eigenvalue weighted by atomic mass is 35.5. The number of carbonyl (C=O) groups is 1. The summed E-state index contributed by atoms with van der Waals surface area (Å²) in [6.07, 6.45) is 0. The highest BCUT2D eigenvalue weighted by Gasteiger charge is 2.26. The Morgan fingerprint density at radius 2 is 1.62 bits per heavy atom. The Balaban J connectivity index is 1.63. The molecular formula is C18H17Cl2N3O4S2. The number of morpholine rings is 1. The molecule has 154 valence electrons. The number of anilines is 1. The van der Waals surface area contributed by atoms with E-state index in [2.05, 4.69) is 10.6 Å². The lowest BCUT2D eigenvalue weighted by atomic mass is 10.2. The average molecular weight is 474 g/mol. The summed E-state index contributed by atoms with van der Waals surface area (Å²) < 4.78 is 31.8. The van der Waals surface area contributed by atoms with E-state index in [0.717, 1.165) is 0 Å². The predicted molar refractivity (Wildman–Crippen MR) is 116 cm³/mol. The number of nitrogens with one attached hydrogen (secondary N) is 2. The maximum atomic E-state index is 12.6. The first kappa shape index (κ1) is 21.9. The zero-order valence-corrected chi connectivity index (χ0v) is 18.2. The molecule has 0 saturated carbocycles. The van der Waals surface area contributed by atoms with Gasteiger partial charge < -0.3 is 10.1 Å². The third kappa shape index (κ3) is 5.65. The average Bonchev–Trinajstić information content (AvgIpc) is 2.68. The molecule has 3 rings (SSSR count). The van der Waals surface area contributed by atoms with E-state index in [9.17, 15) is 13.2 Å². The van der Waals surface area contributed by atoms with Crippen molar-refractivity contribution in [2.45, 2.75) is 4.90 Å². The van der Waals surface area contributed by atoms with Gasteiger partial charge in [-0.15, -0.1) is 0 Å². The molecule has 1 amide bonds. The first-order valence-electron chi connectivity index (χ1n) is 8.52. The molecule has 0 aromatic heterocycles. The third-order valence-corrected chi connectivity index (χ3v) is 6.63. The molecule has 1 saturated heterocycles. The van der Waals surface area contributed by atoms with Gasteiger partial charge in [-0.05, 0) is 54.7 Å². The molecule has 2 N–H and O–H groups in total. The molecule has 1 aliphatic rings. The number of ether oxygens (including phenoxy) is 1. The van der Waals surface area contributed by atoms with Gasteiger partial charge in [-0.3, -0.25) is 10.1 Å². The molecule has 1 fully saturated rings. The normalized spacial score (nSPS) is 15.0. The van der Waals surface area contributed by atoms with Gasteiger partial charge in [0.1, 0.15) is 0 Å².